The van der Waals surface area contributed by atoms with Gasteiger partial charge in [0.05, 0.1) is 78.6 Å². The third-order valence-electron chi connectivity index (χ3n) is 25.3. The van der Waals surface area contributed by atoms with Crippen molar-refractivity contribution in [1.82, 2.24) is 43.6 Å². The van der Waals surface area contributed by atoms with E-state index < -0.39 is 0 Å². The smallest absolute Gasteiger partial charge is 0.149 e. The highest BCUT2D eigenvalue weighted by atomic mass is 15.2. The third kappa shape index (κ3) is 11.5. The van der Waals surface area contributed by atoms with Crippen LogP contribution in [0.15, 0.2) is 438 Å². The lowest BCUT2D eigenvalue weighted by molar-refractivity contribution is 1.11. The highest BCUT2D eigenvalue weighted by Crippen LogP contribution is 2.55. The highest BCUT2D eigenvalue weighted by molar-refractivity contribution is 6.18. The first-order chi connectivity index (χ1) is 62.5. The molecule has 12 nitrogen and oxygen atoms in total. The first kappa shape index (κ1) is 71.7. The molecule has 0 bridgehead atoms. The predicted octanol–water partition coefficient (Wildman–Crippen LogP) is 29.5. The summed E-state index contributed by atoms with van der Waals surface area (Å²) in [6, 6.07) is 145. The summed E-state index contributed by atoms with van der Waals surface area (Å²) in [5.74, 6) is 1.81. The molecule has 0 unspecified atom stereocenters. The van der Waals surface area contributed by atoms with Crippen LogP contribution in [0, 0.1) is 0 Å². The van der Waals surface area contributed by atoms with Crippen molar-refractivity contribution in [3.63, 3.8) is 0 Å². The molecule has 3 aliphatic rings. The van der Waals surface area contributed by atoms with E-state index in [1.54, 1.807) is 19.0 Å². The van der Waals surface area contributed by atoms with Gasteiger partial charge in [0.15, 0.2) is 0 Å². The molecule has 0 radical (unpaired) electrons. The monoisotopic (exact) mass is 1610 g/mol. The molecular formula is C114H72N12. The zero-order chi connectivity index (χ0) is 82.9. The third-order valence-corrected chi connectivity index (χ3v) is 25.3. The predicted molar refractivity (Wildman–Crippen MR) is 519 cm³/mol. The van der Waals surface area contributed by atoms with E-state index in [2.05, 4.69) is 427 Å². The average molecular weight is 1610 g/mol. The van der Waals surface area contributed by atoms with E-state index in [0.717, 1.165) is 118 Å². The standard InChI is InChI=1S/3C38H24N4/c1-2-10-27(11-3-1)42-36-17-9-6-14-31(36)32-22-26(23-33-37(32)38(42)40-24-39-33)25-18-20-28(21-19-25)41-34-15-7-4-12-29(34)30-13-5-8-16-35(30)41;1-2-10-28(11-3-1)42-36-16-8-9-26-21-27(22-32(37(26)36)33-23-39-24-40-38(33)42)25-17-19-29(20-18-25)41-34-14-6-4-12-30(34)31-13-5-7-15-35(31)41;1-2-10-28(11-3-1)42-35-16-8-9-26-21-27(22-32(37(26)35)38-36(42)23-39-24-40-38)25-17-19-29(20-18-25)41-33-14-6-4-12-30(33)31-13-5-7-15-34(31)41/h3*1-24H. The molecule has 0 spiro atoms. The summed E-state index contributed by atoms with van der Waals surface area (Å²) in [7, 11) is 0. The van der Waals surface area contributed by atoms with Crippen LogP contribution in [0.25, 0.3) is 182 Å². The van der Waals surface area contributed by atoms with Gasteiger partial charge in [0.25, 0.3) is 0 Å². The van der Waals surface area contributed by atoms with Crippen molar-refractivity contribution in [2.24, 2.45) is 0 Å². The first-order valence-corrected chi connectivity index (χ1v) is 42.5. The number of hydrogen-bond donors (Lipinski definition) is 0. The normalized spacial score (nSPS) is 12.2. The van der Waals surface area contributed by atoms with Crippen LogP contribution < -0.4 is 14.7 Å². The summed E-state index contributed by atoms with van der Waals surface area (Å²) in [6.07, 6.45) is 8.83. The van der Waals surface area contributed by atoms with Crippen molar-refractivity contribution in [3.8, 4) is 84.0 Å². The zero-order valence-corrected chi connectivity index (χ0v) is 67.9. The van der Waals surface area contributed by atoms with Crippen molar-refractivity contribution in [2.75, 3.05) is 14.7 Å². The van der Waals surface area contributed by atoms with Crippen LogP contribution in [0.3, 0.4) is 0 Å². The first-order valence-electron chi connectivity index (χ1n) is 42.5. The van der Waals surface area contributed by atoms with Gasteiger partial charge in [-0.25, -0.2) is 29.9 Å². The SMILES string of the molecule is c1ccc(N2c3ccccc3-c3cc(-c4ccc(-n5c6ccccc6c6ccccc65)cc4)cc4ncnc2c34)cc1.c1ccc(N2c3cncnc3-c3cc(-c4ccc(-n5c6ccccc6c6ccccc65)cc4)cc4cccc2c34)cc1.c1ccc(N2c3ncncc3-c3cc(-c4ccc(-n5c6ccccc6c6ccccc65)cc4)cc4cccc2c34)cc1. The quantitative estimate of drug-likeness (QED) is 0.140. The lowest BCUT2D eigenvalue weighted by atomic mass is 9.90. The maximum atomic E-state index is 4.80. The number of aromatic nitrogens is 9. The van der Waals surface area contributed by atoms with Gasteiger partial charge in [0.2, 0.25) is 0 Å². The molecule has 18 aromatic carbocycles. The van der Waals surface area contributed by atoms with Crippen molar-refractivity contribution in [1.29, 1.82) is 0 Å². The van der Waals surface area contributed by atoms with Crippen LogP contribution in [0.1, 0.15) is 0 Å². The summed E-state index contributed by atoms with van der Waals surface area (Å²) in [4.78, 5) is 34.7. The lowest BCUT2D eigenvalue weighted by Crippen LogP contribution is -2.16. The molecule has 6 aromatic heterocycles. The van der Waals surface area contributed by atoms with E-state index in [0.29, 0.717) is 0 Å². The molecular weight excluding hydrogens is 1540 g/mol. The summed E-state index contributed by atoms with van der Waals surface area (Å²) in [5, 5.41) is 13.5. The van der Waals surface area contributed by atoms with Gasteiger partial charge in [-0.2, -0.15) is 0 Å². The molecule has 24 aromatic rings. The van der Waals surface area contributed by atoms with E-state index >= 15 is 0 Å². The van der Waals surface area contributed by atoms with E-state index in [9.17, 15) is 0 Å². The second-order valence-electron chi connectivity index (χ2n) is 32.2. The molecule has 0 atom stereocenters. The fourth-order valence-electron chi connectivity index (χ4n) is 19.8. The average Bonchev–Trinajstić information content (AvgIpc) is 1.11. The molecule has 0 amide bonds. The fourth-order valence-corrected chi connectivity index (χ4v) is 19.8. The number of para-hydroxylation sites is 10. The van der Waals surface area contributed by atoms with Gasteiger partial charge in [-0.05, 0) is 219 Å². The topological polar surface area (TPSA) is 102 Å². The van der Waals surface area contributed by atoms with Crippen LogP contribution >= 0.6 is 0 Å². The Labute approximate surface area is 724 Å². The molecule has 12 heteroatoms. The Morgan fingerprint density at radius 1 is 0.190 bits per heavy atom. The molecule has 0 saturated carbocycles. The zero-order valence-electron chi connectivity index (χ0n) is 67.9. The molecule has 0 saturated heterocycles. The molecule has 588 valence electrons. The van der Waals surface area contributed by atoms with Crippen molar-refractivity contribution < 1.29 is 0 Å². The Morgan fingerprint density at radius 3 is 1.02 bits per heavy atom. The maximum Gasteiger partial charge on any atom is 0.149 e. The Hall–Kier alpha value is -17.2. The van der Waals surface area contributed by atoms with Gasteiger partial charge in [-0.1, -0.05) is 243 Å². The Balaban J connectivity index is 0.000000103. The summed E-state index contributed by atoms with van der Waals surface area (Å²) >= 11 is 0. The van der Waals surface area contributed by atoms with E-state index in [1.165, 1.54) is 115 Å². The molecule has 3 aliphatic heterocycles. The van der Waals surface area contributed by atoms with Crippen LogP contribution in [0.5, 0.6) is 0 Å². The van der Waals surface area contributed by atoms with Gasteiger partial charge >= 0.3 is 0 Å². The van der Waals surface area contributed by atoms with E-state index in [-0.39, 0.29) is 0 Å². The van der Waals surface area contributed by atoms with Crippen LogP contribution in [0.4, 0.5) is 51.4 Å². The second kappa shape index (κ2) is 29.3. The highest BCUT2D eigenvalue weighted by Gasteiger charge is 2.32. The van der Waals surface area contributed by atoms with Gasteiger partial charge < -0.3 is 18.6 Å². The molecule has 0 fully saturated rings. The van der Waals surface area contributed by atoms with Gasteiger partial charge in [-0.3, -0.25) is 9.80 Å². The minimum absolute atomic E-state index is 0.898. The maximum absolute atomic E-state index is 4.80. The van der Waals surface area contributed by atoms with E-state index in [4.69, 9.17) is 19.9 Å². The Morgan fingerprint density at radius 2 is 0.548 bits per heavy atom. The number of anilines is 9. The number of fused-ring (bicyclic) bond motifs is 15. The van der Waals surface area contributed by atoms with E-state index in [1.807, 2.05) is 30.6 Å². The van der Waals surface area contributed by atoms with Crippen LogP contribution in [-0.2, 0) is 0 Å². The van der Waals surface area contributed by atoms with Crippen LogP contribution in [0.2, 0.25) is 0 Å². The summed E-state index contributed by atoms with van der Waals surface area (Å²) in [6.45, 7) is 0. The fraction of sp³-hybridized carbons (Fsp3) is 0. The van der Waals surface area contributed by atoms with Crippen LogP contribution in [-0.4, -0.2) is 43.6 Å². The largest absolute Gasteiger partial charge is 0.309 e. The second-order valence-corrected chi connectivity index (χ2v) is 32.2. The Kier molecular flexibility index (Phi) is 16.7. The van der Waals surface area contributed by atoms with Gasteiger partial charge in [-0.15, -0.1) is 0 Å². The van der Waals surface area contributed by atoms with Crippen molar-refractivity contribution >= 4 is 149 Å². The van der Waals surface area contributed by atoms with Crippen molar-refractivity contribution in [2.45, 2.75) is 0 Å². The molecule has 9 heterocycles. The number of benzene rings is 18. The number of hydrogen-bond acceptors (Lipinski definition) is 9. The summed E-state index contributed by atoms with van der Waals surface area (Å²) < 4.78 is 7.07. The Bertz CT molecular complexity index is 7530. The van der Waals surface area contributed by atoms with Crippen molar-refractivity contribution in [3.05, 3.63) is 438 Å². The number of rotatable bonds is 9. The number of nitrogens with zero attached hydrogens (tertiary/aromatic N) is 12. The molecule has 0 aliphatic carbocycles. The lowest BCUT2D eigenvalue weighted by Gasteiger charge is -2.32. The summed E-state index contributed by atoms with van der Waals surface area (Å²) in [5.41, 5.74) is 32.9. The molecule has 0 N–H and O–H groups in total. The van der Waals surface area contributed by atoms with Gasteiger partial charge in [0.1, 0.15) is 30.6 Å². The minimum Gasteiger partial charge on any atom is -0.309 e. The minimum atomic E-state index is 0.898. The molecule has 126 heavy (non-hydrogen) atoms. The molecule has 27 rings (SSSR count). The van der Waals surface area contributed by atoms with Gasteiger partial charge in [0, 0.05) is 100 Å².